The highest BCUT2D eigenvalue weighted by molar-refractivity contribution is 5.89. The van der Waals surface area contributed by atoms with Crippen LogP contribution in [0.4, 0.5) is 0 Å². The fourth-order valence-corrected chi connectivity index (χ4v) is 3.32. The molecule has 1 aliphatic rings. The number of hydrogen-bond acceptors (Lipinski definition) is 3. The summed E-state index contributed by atoms with van der Waals surface area (Å²) in [5.41, 5.74) is 1.43. The predicted molar refractivity (Wildman–Crippen MR) is 90.0 cm³/mol. The number of ether oxygens (including phenoxy) is 1. The second-order valence-electron chi connectivity index (χ2n) is 6.92. The smallest absolute Gasteiger partial charge is 0.331 e. The molecule has 0 saturated heterocycles. The van der Waals surface area contributed by atoms with Crippen molar-refractivity contribution in [3.05, 3.63) is 35.4 Å². The third-order valence-electron chi connectivity index (χ3n) is 4.44. The Hall–Kier alpha value is -1.84. The van der Waals surface area contributed by atoms with Crippen LogP contribution in [0.1, 0.15) is 50.7 Å². The van der Waals surface area contributed by atoms with Gasteiger partial charge in [-0.05, 0) is 36.3 Å². The Bertz CT molecular complexity index is 542. The van der Waals surface area contributed by atoms with Crippen LogP contribution >= 0.6 is 0 Å². The molecule has 0 aromatic heterocycles. The number of nitrogens with one attached hydrogen (secondary N) is 1. The van der Waals surface area contributed by atoms with Crippen molar-refractivity contribution in [3.8, 4) is 0 Å². The number of methoxy groups -OCH3 is 1. The summed E-state index contributed by atoms with van der Waals surface area (Å²) in [5.74, 6) is 0.177. The number of carbonyl (C=O) groups excluding carboxylic acids is 2. The van der Waals surface area contributed by atoms with Crippen molar-refractivity contribution in [3.63, 3.8) is 0 Å². The van der Waals surface area contributed by atoms with Gasteiger partial charge in [0, 0.05) is 0 Å². The minimum atomic E-state index is -0.816. The van der Waals surface area contributed by atoms with Gasteiger partial charge in [-0.1, -0.05) is 51.0 Å². The molecule has 0 bridgehead atoms. The molecular weight excluding hydrogens is 290 g/mol. The maximum atomic E-state index is 12.3. The van der Waals surface area contributed by atoms with Crippen molar-refractivity contribution in [2.45, 2.75) is 57.9 Å². The van der Waals surface area contributed by atoms with Gasteiger partial charge in [0.05, 0.1) is 13.5 Å². The SMILES string of the molecule is COC(=O)C1(NC(=O)Cc2ccc(CC(C)C)cc2)CCCC1. The quantitative estimate of drug-likeness (QED) is 0.821. The number of hydrogen-bond donors (Lipinski definition) is 1. The Morgan fingerprint density at radius 1 is 1.13 bits per heavy atom. The van der Waals surface area contributed by atoms with E-state index in [1.807, 2.05) is 12.1 Å². The van der Waals surface area contributed by atoms with E-state index in [0.29, 0.717) is 25.2 Å². The molecule has 1 aromatic carbocycles. The molecule has 1 N–H and O–H groups in total. The van der Waals surface area contributed by atoms with Crippen molar-refractivity contribution >= 4 is 11.9 Å². The first-order valence-electron chi connectivity index (χ1n) is 8.42. The summed E-state index contributed by atoms with van der Waals surface area (Å²) >= 11 is 0. The zero-order valence-corrected chi connectivity index (χ0v) is 14.4. The number of esters is 1. The molecule has 126 valence electrons. The third-order valence-corrected chi connectivity index (χ3v) is 4.44. The first kappa shape index (κ1) is 17.5. The van der Waals surface area contributed by atoms with Crippen LogP contribution in [0.15, 0.2) is 24.3 Å². The molecular formula is C19H27NO3. The summed E-state index contributed by atoms with van der Waals surface area (Å²) < 4.78 is 4.89. The summed E-state index contributed by atoms with van der Waals surface area (Å²) in [6, 6.07) is 8.15. The fourth-order valence-electron chi connectivity index (χ4n) is 3.32. The highest BCUT2D eigenvalue weighted by Gasteiger charge is 2.43. The number of rotatable bonds is 6. The van der Waals surface area contributed by atoms with Crippen LogP contribution in [0, 0.1) is 5.92 Å². The lowest BCUT2D eigenvalue weighted by Crippen LogP contribution is -2.53. The average Bonchev–Trinajstić information content (AvgIpc) is 2.97. The van der Waals surface area contributed by atoms with E-state index >= 15 is 0 Å². The van der Waals surface area contributed by atoms with Crippen molar-refractivity contribution < 1.29 is 14.3 Å². The first-order valence-corrected chi connectivity index (χ1v) is 8.42. The van der Waals surface area contributed by atoms with Gasteiger partial charge in [-0.3, -0.25) is 4.79 Å². The molecule has 23 heavy (non-hydrogen) atoms. The van der Waals surface area contributed by atoms with Crippen LogP contribution < -0.4 is 5.32 Å². The van der Waals surface area contributed by atoms with Crippen LogP contribution in [0.2, 0.25) is 0 Å². The highest BCUT2D eigenvalue weighted by Crippen LogP contribution is 2.30. The Balaban J connectivity index is 1.97. The van der Waals surface area contributed by atoms with E-state index in [1.165, 1.54) is 12.7 Å². The minimum absolute atomic E-state index is 0.117. The van der Waals surface area contributed by atoms with Crippen molar-refractivity contribution in [1.29, 1.82) is 0 Å². The molecule has 1 amide bonds. The monoisotopic (exact) mass is 317 g/mol. The lowest BCUT2D eigenvalue weighted by Gasteiger charge is -2.27. The Morgan fingerprint density at radius 3 is 2.22 bits per heavy atom. The molecule has 4 nitrogen and oxygen atoms in total. The van der Waals surface area contributed by atoms with E-state index in [1.54, 1.807) is 0 Å². The van der Waals surface area contributed by atoms with Gasteiger partial charge in [0.25, 0.3) is 0 Å². The Kier molecular flexibility index (Phi) is 5.80. The minimum Gasteiger partial charge on any atom is -0.467 e. The van der Waals surface area contributed by atoms with Gasteiger partial charge in [-0.2, -0.15) is 0 Å². The number of carbonyl (C=O) groups is 2. The van der Waals surface area contributed by atoms with E-state index in [2.05, 4.69) is 31.3 Å². The topological polar surface area (TPSA) is 55.4 Å². The molecule has 1 aliphatic carbocycles. The molecule has 2 rings (SSSR count). The summed E-state index contributed by atoms with van der Waals surface area (Å²) in [6.07, 6.45) is 4.55. The molecule has 1 aromatic rings. The predicted octanol–water partition coefficient (Wildman–Crippen LogP) is 3.03. The second kappa shape index (κ2) is 7.62. The molecule has 0 heterocycles. The van der Waals surface area contributed by atoms with Gasteiger partial charge in [-0.15, -0.1) is 0 Å². The molecule has 0 unspecified atom stereocenters. The second-order valence-corrected chi connectivity index (χ2v) is 6.92. The van der Waals surface area contributed by atoms with Crippen LogP contribution in [0.5, 0.6) is 0 Å². The van der Waals surface area contributed by atoms with E-state index in [0.717, 1.165) is 24.8 Å². The standard InChI is InChI=1S/C19H27NO3/c1-14(2)12-15-6-8-16(9-7-15)13-17(21)20-19(18(22)23-3)10-4-5-11-19/h6-9,14H,4-5,10-13H2,1-3H3,(H,20,21). The van der Waals surface area contributed by atoms with Crippen molar-refractivity contribution in [1.82, 2.24) is 5.32 Å². The summed E-state index contributed by atoms with van der Waals surface area (Å²) in [5, 5.41) is 2.92. The van der Waals surface area contributed by atoms with Crippen molar-refractivity contribution in [2.24, 2.45) is 5.92 Å². The molecule has 0 spiro atoms. The largest absolute Gasteiger partial charge is 0.467 e. The maximum absolute atomic E-state index is 12.3. The Labute approximate surface area is 138 Å². The summed E-state index contributed by atoms with van der Waals surface area (Å²) in [7, 11) is 1.38. The normalized spacial score (nSPS) is 16.3. The van der Waals surface area contributed by atoms with Gasteiger partial charge in [0.2, 0.25) is 5.91 Å². The van der Waals surface area contributed by atoms with E-state index in [4.69, 9.17) is 4.74 Å². The van der Waals surface area contributed by atoms with Gasteiger partial charge in [0.15, 0.2) is 0 Å². The first-order chi connectivity index (χ1) is 10.9. The van der Waals surface area contributed by atoms with Gasteiger partial charge < -0.3 is 10.1 Å². The number of benzene rings is 1. The van der Waals surface area contributed by atoms with E-state index < -0.39 is 5.54 Å². The zero-order valence-electron chi connectivity index (χ0n) is 14.4. The lowest BCUT2D eigenvalue weighted by molar-refractivity contribution is -0.150. The average molecular weight is 317 g/mol. The maximum Gasteiger partial charge on any atom is 0.331 e. The van der Waals surface area contributed by atoms with Gasteiger partial charge in [0.1, 0.15) is 5.54 Å². The van der Waals surface area contributed by atoms with Crippen molar-refractivity contribution in [2.75, 3.05) is 7.11 Å². The van der Waals surface area contributed by atoms with E-state index in [-0.39, 0.29) is 11.9 Å². The molecule has 0 aliphatic heterocycles. The lowest BCUT2D eigenvalue weighted by atomic mass is 9.96. The molecule has 0 atom stereocenters. The summed E-state index contributed by atoms with van der Waals surface area (Å²) in [6.45, 7) is 4.38. The zero-order chi connectivity index (χ0) is 16.9. The van der Waals surface area contributed by atoms with Crippen LogP contribution in [-0.4, -0.2) is 24.5 Å². The van der Waals surface area contributed by atoms with Crippen LogP contribution in [0.25, 0.3) is 0 Å². The molecule has 4 heteroatoms. The third kappa shape index (κ3) is 4.57. The van der Waals surface area contributed by atoms with Crippen LogP contribution in [0.3, 0.4) is 0 Å². The van der Waals surface area contributed by atoms with Gasteiger partial charge >= 0.3 is 5.97 Å². The van der Waals surface area contributed by atoms with Crippen LogP contribution in [-0.2, 0) is 27.2 Å². The highest BCUT2D eigenvalue weighted by atomic mass is 16.5. The number of amides is 1. The molecule has 1 fully saturated rings. The van der Waals surface area contributed by atoms with E-state index in [9.17, 15) is 9.59 Å². The Morgan fingerprint density at radius 2 is 1.70 bits per heavy atom. The summed E-state index contributed by atoms with van der Waals surface area (Å²) in [4.78, 5) is 24.4. The molecule has 0 radical (unpaired) electrons. The van der Waals surface area contributed by atoms with Gasteiger partial charge in [-0.25, -0.2) is 4.79 Å². The molecule has 1 saturated carbocycles. The fraction of sp³-hybridized carbons (Fsp3) is 0.579.